The van der Waals surface area contributed by atoms with Gasteiger partial charge in [0.15, 0.2) is 0 Å². The van der Waals surface area contributed by atoms with Crippen molar-refractivity contribution >= 4 is 5.97 Å². The van der Waals surface area contributed by atoms with Crippen molar-refractivity contribution in [3.63, 3.8) is 0 Å². The zero-order valence-corrected chi connectivity index (χ0v) is 8.68. The molecule has 0 radical (unpaired) electrons. The third-order valence-corrected chi connectivity index (χ3v) is 2.26. The molecule has 0 amide bonds. The van der Waals surface area contributed by atoms with Crippen LogP contribution in [0.4, 0.5) is 0 Å². The summed E-state index contributed by atoms with van der Waals surface area (Å²) in [7, 11) is 0. The third-order valence-electron chi connectivity index (χ3n) is 2.26. The van der Waals surface area contributed by atoms with Crippen LogP contribution in [-0.4, -0.2) is 11.1 Å². The van der Waals surface area contributed by atoms with Gasteiger partial charge in [0.25, 0.3) is 0 Å². The van der Waals surface area contributed by atoms with Crippen LogP contribution >= 0.6 is 0 Å². The lowest BCUT2D eigenvalue weighted by atomic mass is 9.91. The summed E-state index contributed by atoms with van der Waals surface area (Å²) in [5.74, 6) is 0.101. The molecule has 0 bridgehead atoms. The van der Waals surface area contributed by atoms with Crippen LogP contribution in [0.2, 0.25) is 0 Å². The summed E-state index contributed by atoms with van der Waals surface area (Å²) in [5, 5.41) is 7.89. The van der Waals surface area contributed by atoms with Crippen molar-refractivity contribution in [3.05, 3.63) is 12.2 Å². The lowest BCUT2D eigenvalue weighted by Gasteiger charge is -2.15. The van der Waals surface area contributed by atoms with Gasteiger partial charge in [-0.25, -0.2) is 4.79 Å². The van der Waals surface area contributed by atoms with Gasteiger partial charge in [-0.1, -0.05) is 45.6 Å². The van der Waals surface area contributed by atoms with Crippen molar-refractivity contribution in [2.24, 2.45) is 5.92 Å². The normalized spacial score (nSPS) is 17.1. The Bertz CT molecular complexity index is 155. The van der Waals surface area contributed by atoms with E-state index < -0.39 is 5.97 Å². The molecule has 1 fully saturated rings. The Morgan fingerprint density at radius 1 is 1.31 bits per heavy atom. The number of rotatable bonds is 1. The van der Waals surface area contributed by atoms with Crippen molar-refractivity contribution in [2.75, 3.05) is 0 Å². The first-order chi connectivity index (χ1) is 6.04. The highest BCUT2D eigenvalue weighted by atomic mass is 16.4. The summed E-state index contributed by atoms with van der Waals surface area (Å²) in [6.45, 7) is 6.96. The summed E-state index contributed by atoms with van der Waals surface area (Å²) < 4.78 is 0. The molecule has 0 spiro atoms. The van der Waals surface area contributed by atoms with E-state index in [-0.39, 0.29) is 5.57 Å². The maximum atomic E-state index is 9.60. The predicted molar refractivity (Wildman–Crippen MR) is 54.7 cm³/mol. The number of hydrogen-bond acceptors (Lipinski definition) is 1. The van der Waals surface area contributed by atoms with E-state index in [1.165, 1.54) is 39.0 Å². The summed E-state index contributed by atoms with van der Waals surface area (Å²) in [6.07, 6.45) is 7.44. The Hall–Kier alpha value is -0.790. The van der Waals surface area contributed by atoms with E-state index in [0.717, 1.165) is 5.92 Å². The number of carboxylic acids is 1. The topological polar surface area (TPSA) is 37.3 Å². The second kappa shape index (κ2) is 6.70. The summed E-state index contributed by atoms with van der Waals surface area (Å²) >= 11 is 0. The van der Waals surface area contributed by atoms with Gasteiger partial charge in [-0.15, -0.1) is 0 Å². The Morgan fingerprint density at radius 3 is 1.85 bits per heavy atom. The van der Waals surface area contributed by atoms with Crippen LogP contribution in [-0.2, 0) is 4.79 Å². The fraction of sp³-hybridized carbons (Fsp3) is 0.727. The van der Waals surface area contributed by atoms with E-state index in [1.54, 1.807) is 0 Å². The van der Waals surface area contributed by atoms with Gasteiger partial charge in [0.2, 0.25) is 0 Å². The standard InChI is InChI=1S/C7H14.C4H6O2/c1-7-5-3-2-4-6-7;1-3(2)4(5)6/h7H,2-6H2,1H3;1H2,2H3,(H,5,6). The molecule has 0 heterocycles. The first-order valence-corrected chi connectivity index (χ1v) is 4.93. The molecule has 0 aromatic rings. The molecule has 0 aliphatic heterocycles. The van der Waals surface area contributed by atoms with Gasteiger partial charge >= 0.3 is 5.97 Å². The average molecular weight is 184 g/mol. The monoisotopic (exact) mass is 184 g/mol. The van der Waals surface area contributed by atoms with Crippen LogP contribution in [0.5, 0.6) is 0 Å². The van der Waals surface area contributed by atoms with Crippen molar-refractivity contribution in [1.82, 2.24) is 0 Å². The van der Waals surface area contributed by atoms with Crippen LogP contribution in [0, 0.1) is 5.92 Å². The van der Waals surface area contributed by atoms with E-state index in [4.69, 9.17) is 5.11 Å². The molecule has 1 rings (SSSR count). The van der Waals surface area contributed by atoms with E-state index in [9.17, 15) is 4.79 Å². The van der Waals surface area contributed by atoms with Crippen LogP contribution < -0.4 is 0 Å². The van der Waals surface area contributed by atoms with Crippen LogP contribution in [0.1, 0.15) is 46.0 Å². The molecule has 76 valence electrons. The van der Waals surface area contributed by atoms with Crippen molar-refractivity contribution in [1.29, 1.82) is 0 Å². The maximum absolute atomic E-state index is 9.60. The van der Waals surface area contributed by atoms with Gasteiger partial charge < -0.3 is 5.11 Å². The molecular weight excluding hydrogens is 164 g/mol. The van der Waals surface area contributed by atoms with Crippen LogP contribution in [0.25, 0.3) is 0 Å². The molecule has 2 heteroatoms. The molecule has 1 N–H and O–H groups in total. The van der Waals surface area contributed by atoms with Gasteiger partial charge in [-0.05, 0) is 12.8 Å². The number of hydrogen-bond donors (Lipinski definition) is 1. The van der Waals surface area contributed by atoms with E-state index in [0.29, 0.717) is 0 Å². The molecule has 1 aliphatic carbocycles. The highest BCUT2D eigenvalue weighted by Gasteiger charge is 2.05. The molecule has 13 heavy (non-hydrogen) atoms. The molecule has 2 nitrogen and oxygen atoms in total. The lowest BCUT2D eigenvalue weighted by Crippen LogP contribution is -1.99. The minimum Gasteiger partial charge on any atom is -0.478 e. The molecule has 0 aromatic heterocycles. The van der Waals surface area contributed by atoms with Gasteiger partial charge in [-0.2, -0.15) is 0 Å². The Kier molecular flexibility index (Phi) is 6.29. The van der Waals surface area contributed by atoms with E-state index in [2.05, 4.69) is 13.5 Å². The quantitative estimate of drug-likeness (QED) is 0.635. The largest absolute Gasteiger partial charge is 0.478 e. The zero-order chi connectivity index (χ0) is 10.3. The Morgan fingerprint density at radius 2 is 1.69 bits per heavy atom. The summed E-state index contributed by atoms with van der Waals surface area (Å²) in [4.78, 5) is 9.60. The molecule has 0 saturated heterocycles. The number of carboxylic acid groups (broad SMARTS) is 1. The van der Waals surface area contributed by atoms with Crippen molar-refractivity contribution < 1.29 is 9.90 Å². The van der Waals surface area contributed by atoms with Crippen LogP contribution in [0.3, 0.4) is 0 Å². The van der Waals surface area contributed by atoms with Crippen LogP contribution in [0.15, 0.2) is 12.2 Å². The average Bonchev–Trinajstić information content (AvgIpc) is 2.06. The smallest absolute Gasteiger partial charge is 0.330 e. The fourth-order valence-electron chi connectivity index (χ4n) is 1.31. The van der Waals surface area contributed by atoms with Crippen molar-refractivity contribution in [2.45, 2.75) is 46.0 Å². The molecular formula is C11H20O2. The SMILES string of the molecule is C=C(C)C(=O)O.CC1CCCCC1. The molecule has 0 aromatic carbocycles. The minimum atomic E-state index is -0.935. The van der Waals surface area contributed by atoms with Crippen molar-refractivity contribution in [3.8, 4) is 0 Å². The summed E-state index contributed by atoms with van der Waals surface area (Å²) in [5.41, 5.74) is 0.176. The maximum Gasteiger partial charge on any atom is 0.330 e. The second-order valence-electron chi connectivity index (χ2n) is 3.83. The lowest BCUT2D eigenvalue weighted by molar-refractivity contribution is -0.132. The third kappa shape index (κ3) is 7.57. The Labute approximate surface area is 80.7 Å². The first-order valence-electron chi connectivity index (χ1n) is 4.93. The highest BCUT2D eigenvalue weighted by molar-refractivity contribution is 5.84. The van der Waals surface area contributed by atoms with E-state index in [1.807, 2.05) is 0 Å². The molecule has 1 saturated carbocycles. The van der Waals surface area contributed by atoms with Gasteiger partial charge in [-0.3, -0.25) is 0 Å². The second-order valence-corrected chi connectivity index (χ2v) is 3.83. The first kappa shape index (κ1) is 12.2. The highest BCUT2D eigenvalue weighted by Crippen LogP contribution is 2.22. The van der Waals surface area contributed by atoms with E-state index >= 15 is 0 Å². The molecule has 0 atom stereocenters. The predicted octanol–water partition coefficient (Wildman–Crippen LogP) is 3.23. The fourth-order valence-corrected chi connectivity index (χ4v) is 1.31. The number of aliphatic carboxylic acids is 1. The summed E-state index contributed by atoms with van der Waals surface area (Å²) in [6, 6.07) is 0. The van der Waals surface area contributed by atoms with Gasteiger partial charge in [0.1, 0.15) is 0 Å². The molecule has 1 aliphatic rings. The van der Waals surface area contributed by atoms with Gasteiger partial charge in [0.05, 0.1) is 0 Å². The number of carbonyl (C=O) groups is 1. The Balaban J connectivity index is 0.000000226. The minimum absolute atomic E-state index is 0.176. The van der Waals surface area contributed by atoms with Gasteiger partial charge in [0, 0.05) is 5.57 Å². The zero-order valence-electron chi connectivity index (χ0n) is 8.68. The molecule has 0 unspecified atom stereocenters.